The van der Waals surface area contributed by atoms with E-state index in [2.05, 4.69) is 10.3 Å². The zero-order valence-electron chi connectivity index (χ0n) is 13.3. The van der Waals surface area contributed by atoms with Crippen LogP contribution in [0.1, 0.15) is 32.4 Å². The van der Waals surface area contributed by atoms with Gasteiger partial charge in [-0.2, -0.15) is 0 Å². The molecule has 1 aromatic heterocycles. The van der Waals surface area contributed by atoms with E-state index in [1.165, 1.54) is 18.3 Å². The number of amides is 2. The van der Waals surface area contributed by atoms with Crippen molar-refractivity contribution in [2.75, 3.05) is 25.0 Å². The number of anilines is 1. The Labute approximate surface area is 139 Å². The Balaban J connectivity index is 1.90. The molecule has 1 saturated heterocycles. The van der Waals surface area contributed by atoms with Crippen LogP contribution in [0.3, 0.4) is 0 Å². The Morgan fingerprint density at radius 3 is 2.96 bits per heavy atom. The highest BCUT2D eigenvalue weighted by atomic mass is 32.1. The van der Waals surface area contributed by atoms with Crippen molar-refractivity contribution in [3.63, 3.8) is 0 Å². The highest BCUT2D eigenvalue weighted by Gasteiger charge is 2.29. The second-order valence-electron chi connectivity index (χ2n) is 5.43. The molecular weight excluding hydrogens is 318 g/mol. The van der Waals surface area contributed by atoms with Crippen molar-refractivity contribution in [3.8, 4) is 0 Å². The van der Waals surface area contributed by atoms with Crippen molar-refractivity contribution >= 4 is 34.3 Å². The number of likely N-dealkylation sites (tertiary alicyclic amines) is 1. The Morgan fingerprint density at radius 1 is 1.48 bits per heavy atom. The van der Waals surface area contributed by atoms with Gasteiger partial charge < -0.3 is 15.0 Å². The van der Waals surface area contributed by atoms with Gasteiger partial charge in [-0.1, -0.05) is 0 Å². The lowest BCUT2D eigenvalue weighted by molar-refractivity contribution is -0.151. The maximum Gasteiger partial charge on any atom is 0.310 e. The van der Waals surface area contributed by atoms with Crippen molar-refractivity contribution < 1.29 is 19.1 Å². The smallest absolute Gasteiger partial charge is 0.310 e. The lowest BCUT2D eigenvalue weighted by Gasteiger charge is -2.31. The summed E-state index contributed by atoms with van der Waals surface area (Å²) in [4.78, 5) is 41.1. The standard InChI is InChI=1S/C15H21N3O4S/c1-3-22-14(21)11-5-4-6-18(8-11)13(20)7-12-9-23-15(17-12)16-10(2)19/h9,11H,3-8H2,1-2H3,(H,16,17,19). The van der Waals surface area contributed by atoms with Gasteiger partial charge >= 0.3 is 5.97 Å². The number of carbonyl (C=O) groups excluding carboxylic acids is 3. The molecule has 7 nitrogen and oxygen atoms in total. The van der Waals surface area contributed by atoms with Gasteiger partial charge in [0.2, 0.25) is 11.8 Å². The van der Waals surface area contributed by atoms with Crippen molar-refractivity contribution in [2.24, 2.45) is 5.92 Å². The quantitative estimate of drug-likeness (QED) is 0.820. The molecule has 0 saturated carbocycles. The summed E-state index contributed by atoms with van der Waals surface area (Å²) in [6, 6.07) is 0. The van der Waals surface area contributed by atoms with E-state index in [9.17, 15) is 14.4 Å². The number of rotatable bonds is 5. The summed E-state index contributed by atoms with van der Waals surface area (Å²) < 4.78 is 5.04. The normalized spacial score (nSPS) is 17.7. The largest absolute Gasteiger partial charge is 0.466 e. The molecule has 126 valence electrons. The molecule has 1 unspecified atom stereocenters. The minimum atomic E-state index is -0.238. The van der Waals surface area contributed by atoms with Gasteiger partial charge in [-0.25, -0.2) is 4.98 Å². The average molecular weight is 339 g/mol. The molecule has 1 aliphatic rings. The van der Waals surface area contributed by atoms with Crippen molar-refractivity contribution in [2.45, 2.75) is 33.1 Å². The van der Waals surface area contributed by atoms with Crippen LogP contribution in [0.4, 0.5) is 5.13 Å². The van der Waals surface area contributed by atoms with Gasteiger partial charge in [0.1, 0.15) is 0 Å². The van der Waals surface area contributed by atoms with Crippen LogP contribution in [-0.2, 0) is 25.5 Å². The Morgan fingerprint density at radius 2 is 2.26 bits per heavy atom. The fourth-order valence-electron chi connectivity index (χ4n) is 2.52. The first-order valence-corrected chi connectivity index (χ1v) is 8.54. The number of hydrogen-bond acceptors (Lipinski definition) is 6. The summed E-state index contributed by atoms with van der Waals surface area (Å²) in [6.45, 7) is 4.60. The summed E-state index contributed by atoms with van der Waals surface area (Å²) in [5, 5.41) is 4.85. The van der Waals surface area contributed by atoms with E-state index in [0.717, 1.165) is 12.8 Å². The molecule has 1 atom stereocenters. The lowest BCUT2D eigenvalue weighted by Crippen LogP contribution is -2.43. The molecule has 23 heavy (non-hydrogen) atoms. The van der Waals surface area contributed by atoms with Crippen LogP contribution in [-0.4, -0.2) is 47.4 Å². The van der Waals surface area contributed by atoms with Crippen LogP contribution in [0.15, 0.2) is 5.38 Å². The molecule has 1 aliphatic heterocycles. The van der Waals surface area contributed by atoms with Crippen LogP contribution in [0.5, 0.6) is 0 Å². The second kappa shape index (κ2) is 8.05. The molecule has 1 aromatic rings. The molecule has 2 heterocycles. The third-order valence-corrected chi connectivity index (χ3v) is 4.37. The minimum Gasteiger partial charge on any atom is -0.466 e. The first-order chi connectivity index (χ1) is 11.0. The SMILES string of the molecule is CCOC(=O)C1CCCN(C(=O)Cc2csc(NC(C)=O)n2)C1. The van der Waals surface area contributed by atoms with Crippen LogP contribution in [0, 0.1) is 5.92 Å². The highest BCUT2D eigenvalue weighted by molar-refractivity contribution is 7.13. The van der Waals surface area contributed by atoms with E-state index in [1.54, 1.807) is 17.2 Å². The average Bonchev–Trinajstić information content (AvgIpc) is 2.93. The van der Waals surface area contributed by atoms with Crippen LogP contribution < -0.4 is 5.32 Å². The molecule has 2 rings (SSSR count). The van der Waals surface area contributed by atoms with Gasteiger partial charge in [0, 0.05) is 25.4 Å². The zero-order chi connectivity index (χ0) is 16.8. The Kier molecular flexibility index (Phi) is 6.09. The van der Waals surface area contributed by atoms with Gasteiger partial charge in [-0.3, -0.25) is 14.4 Å². The molecule has 8 heteroatoms. The summed E-state index contributed by atoms with van der Waals surface area (Å²) in [5.41, 5.74) is 0.627. The van der Waals surface area contributed by atoms with Crippen molar-refractivity contribution in [3.05, 3.63) is 11.1 Å². The highest BCUT2D eigenvalue weighted by Crippen LogP contribution is 2.20. The molecule has 1 fully saturated rings. The summed E-state index contributed by atoms with van der Waals surface area (Å²) in [7, 11) is 0. The Bertz CT molecular complexity index is 587. The third-order valence-electron chi connectivity index (χ3n) is 3.56. The summed E-state index contributed by atoms with van der Waals surface area (Å²) in [6.07, 6.45) is 1.72. The van der Waals surface area contributed by atoms with E-state index in [4.69, 9.17) is 4.74 Å². The topological polar surface area (TPSA) is 88.6 Å². The molecule has 1 N–H and O–H groups in total. The van der Waals surface area contributed by atoms with Crippen molar-refractivity contribution in [1.29, 1.82) is 0 Å². The number of hydrogen-bond donors (Lipinski definition) is 1. The van der Waals surface area contributed by atoms with Gasteiger partial charge in [-0.05, 0) is 19.8 Å². The van der Waals surface area contributed by atoms with Crippen LogP contribution in [0.2, 0.25) is 0 Å². The predicted octanol–water partition coefficient (Wildman–Crippen LogP) is 1.45. The van der Waals surface area contributed by atoms with Gasteiger partial charge in [0.05, 0.1) is 24.6 Å². The number of esters is 1. The van der Waals surface area contributed by atoms with E-state index in [1.807, 2.05) is 0 Å². The summed E-state index contributed by atoms with van der Waals surface area (Å²) in [5.74, 6) is -0.714. The maximum atomic E-state index is 12.4. The van der Waals surface area contributed by atoms with Crippen LogP contribution in [0.25, 0.3) is 0 Å². The second-order valence-corrected chi connectivity index (χ2v) is 6.29. The third kappa shape index (κ3) is 5.02. The Hall–Kier alpha value is -1.96. The fraction of sp³-hybridized carbons (Fsp3) is 0.600. The molecule has 2 amide bonds. The number of nitrogens with zero attached hydrogens (tertiary/aromatic N) is 2. The number of carbonyl (C=O) groups is 3. The number of piperidine rings is 1. The molecule has 0 radical (unpaired) electrons. The fourth-order valence-corrected chi connectivity index (χ4v) is 3.28. The number of nitrogens with one attached hydrogen (secondary N) is 1. The predicted molar refractivity (Wildman–Crippen MR) is 86.1 cm³/mol. The lowest BCUT2D eigenvalue weighted by atomic mass is 9.98. The van der Waals surface area contributed by atoms with Crippen molar-refractivity contribution in [1.82, 2.24) is 9.88 Å². The molecule has 0 aromatic carbocycles. The van der Waals surface area contributed by atoms with E-state index in [-0.39, 0.29) is 30.1 Å². The zero-order valence-corrected chi connectivity index (χ0v) is 14.1. The first kappa shape index (κ1) is 17.4. The monoisotopic (exact) mass is 339 g/mol. The number of aromatic nitrogens is 1. The molecule has 0 spiro atoms. The molecule has 0 bridgehead atoms. The van der Waals surface area contributed by atoms with E-state index in [0.29, 0.717) is 30.5 Å². The van der Waals surface area contributed by atoms with Crippen LogP contribution >= 0.6 is 11.3 Å². The number of thiazole rings is 1. The van der Waals surface area contributed by atoms with E-state index >= 15 is 0 Å². The number of ether oxygens (including phenoxy) is 1. The first-order valence-electron chi connectivity index (χ1n) is 7.66. The van der Waals surface area contributed by atoms with Gasteiger partial charge in [0.25, 0.3) is 0 Å². The summed E-state index contributed by atoms with van der Waals surface area (Å²) >= 11 is 1.29. The van der Waals surface area contributed by atoms with Gasteiger partial charge in [-0.15, -0.1) is 11.3 Å². The molecule has 0 aliphatic carbocycles. The van der Waals surface area contributed by atoms with E-state index < -0.39 is 0 Å². The minimum absolute atomic E-state index is 0.0568. The maximum absolute atomic E-state index is 12.4. The van der Waals surface area contributed by atoms with Gasteiger partial charge in [0.15, 0.2) is 5.13 Å². The molecular formula is C15H21N3O4S.